The molecule has 1 N–H and O–H groups in total. The molecule has 0 aromatic heterocycles. The van der Waals surface area contributed by atoms with E-state index in [2.05, 4.69) is 11.9 Å². The highest BCUT2D eigenvalue weighted by molar-refractivity contribution is 5.89. The third kappa shape index (κ3) is 5.07. The predicted octanol–water partition coefficient (Wildman–Crippen LogP) is 2.98. The highest BCUT2D eigenvalue weighted by Crippen LogP contribution is 2.09. The van der Waals surface area contributed by atoms with Gasteiger partial charge < -0.3 is 10.1 Å². The van der Waals surface area contributed by atoms with Crippen molar-refractivity contribution >= 4 is 11.9 Å². The molecule has 4 nitrogen and oxygen atoms in total. The average molecular weight is 313 g/mol. The maximum Gasteiger partial charge on any atom is 0.338 e. The monoisotopic (exact) mass is 313 g/mol. The van der Waals surface area contributed by atoms with Gasteiger partial charge in [0.1, 0.15) is 12.4 Å². The van der Waals surface area contributed by atoms with Crippen molar-refractivity contribution in [1.82, 2.24) is 5.32 Å². The van der Waals surface area contributed by atoms with Crippen LogP contribution in [0.2, 0.25) is 0 Å². The van der Waals surface area contributed by atoms with Gasteiger partial charge in [0, 0.05) is 6.54 Å². The van der Waals surface area contributed by atoms with E-state index in [-0.39, 0.29) is 18.3 Å². The molecule has 23 heavy (non-hydrogen) atoms. The number of rotatable bonds is 6. The largest absolute Gasteiger partial charge is 0.457 e. The molecule has 0 saturated carbocycles. The van der Waals surface area contributed by atoms with Crippen molar-refractivity contribution in [1.29, 1.82) is 0 Å². The fourth-order valence-electron chi connectivity index (χ4n) is 1.83. The van der Waals surface area contributed by atoms with E-state index in [9.17, 15) is 14.0 Å². The number of ether oxygens (including phenoxy) is 1. The number of hydrogen-bond acceptors (Lipinski definition) is 3. The summed E-state index contributed by atoms with van der Waals surface area (Å²) < 4.78 is 17.9. The summed E-state index contributed by atoms with van der Waals surface area (Å²) in [6.07, 6.45) is 1.20. The first-order valence-corrected chi connectivity index (χ1v) is 6.99. The van der Waals surface area contributed by atoms with Crippen LogP contribution in [0.15, 0.2) is 61.2 Å². The molecule has 118 valence electrons. The van der Waals surface area contributed by atoms with Gasteiger partial charge >= 0.3 is 5.97 Å². The topological polar surface area (TPSA) is 55.4 Å². The van der Waals surface area contributed by atoms with Crippen LogP contribution in [-0.2, 0) is 22.7 Å². The van der Waals surface area contributed by atoms with Crippen LogP contribution in [0.25, 0.3) is 0 Å². The molecule has 0 aliphatic rings. The Morgan fingerprint density at radius 1 is 1.04 bits per heavy atom. The molecule has 0 unspecified atom stereocenters. The van der Waals surface area contributed by atoms with Crippen LogP contribution in [0.3, 0.4) is 0 Å². The van der Waals surface area contributed by atoms with Crippen molar-refractivity contribution in [3.05, 3.63) is 83.7 Å². The molecule has 0 spiro atoms. The number of amides is 1. The minimum Gasteiger partial charge on any atom is -0.457 e. The normalized spacial score (nSPS) is 9.96. The highest BCUT2D eigenvalue weighted by atomic mass is 19.1. The van der Waals surface area contributed by atoms with Gasteiger partial charge in [0.25, 0.3) is 0 Å². The molecule has 2 aromatic carbocycles. The second-order valence-electron chi connectivity index (χ2n) is 4.82. The maximum absolute atomic E-state index is 12.8. The molecular formula is C18H16FNO3. The van der Waals surface area contributed by atoms with Crippen molar-refractivity contribution in [2.45, 2.75) is 13.2 Å². The van der Waals surface area contributed by atoms with Gasteiger partial charge in [0.2, 0.25) is 5.91 Å². The Labute approximate surface area is 133 Å². The summed E-state index contributed by atoms with van der Waals surface area (Å²) in [4.78, 5) is 23.0. The van der Waals surface area contributed by atoms with Gasteiger partial charge in [-0.1, -0.05) is 30.8 Å². The molecule has 2 aromatic rings. The van der Waals surface area contributed by atoms with Gasteiger partial charge in [-0.15, -0.1) is 0 Å². The van der Waals surface area contributed by atoms with Crippen LogP contribution in [0, 0.1) is 5.82 Å². The van der Waals surface area contributed by atoms with E-state index >= 15 is 0 Å². The summed E-state index contributed by atoms with van der Waals surface area (Å²) in [5.74, 6) is -1.05. The van der Waals surface area contributed by atoms with E-state index in [1.54, 1.807) is 36.4 Å². The van der Waals surface area contributed by atoms with Crippen molar-refractivity contribution in [2.24, 2.45) is 0 Å². The SMILES string of the molecule is C=CC(=O)NCc1ccc(C(=O)OCc2ccc(F)cc2)cc1. The number of carbonyl (C=O) groups is 2. The molecule has 0 atom stereocenters. The molecule has 5 heteroatoms. The van der Waals surface area contributed by atoms with E-state index in [1.165, 1.54) is 18.2 Å². The standard InChI is InChI=1S/C18H16FNO3/c1-2-17(21)20-11-13-3-7-15(8-4-13)18(22)23-12-14-5-9-16(19)10-6-14/h2-10H,1,11-12H2,(H,20,21). The van der Waals surface area contributed by atoms with Crippen molar-refractivity contribution < 1.29 is 18.7 Å². The van der Waals surface area contributed by atoms with Gasteiger partial charge in [0.15, 0.2) is 0 Å². The summed E-state index contributed by atoms with van der Waals surface area (Å²) in [6, 6.07) is 12.5. The predicted molar refractivity (Wildman–Crippen MR) is 84.0 cm³/mol. The number of carbonyl (C=O) groups excluding carboxylic acids is 2. The second-order valence-corrected chi connectivity index (χ2v) is 4.82. The molecule has 0 aliphatic carbocycles. The zero-order chi connectivity index (χ0) is 16.7. The number of nitrogens with one attached hydrogen (secondary N) is 1. The second kappa shape index (κ2) is 7.89. The van der Waals surface area contributed by atoms with Crippen molar-refractivity contribution in [2.75, 3.05) is 0 Å². The molecule has 0 aliphatic heterocycles. The summed E-state index contributed by atoms with van der Waals surface area (Å²) in [5, 5.41) is 2.64. The highest BCUT2D eigenvalue weighted by Gasteiger charge is 2.07. The third-order valence-corrected chi connectivity index (χ3v) is 3.12. The van der Waals surface area contributed by atoms with Crippen LogP contribution in [0.4, 0.5) is 4.39 Å². The number of hydrogen-bond donors (Lipinski definition) is 1. The molecule has 2 rings (SSSR count). The summed E-state index contributed by atoms with van der Waals surface area (Å²) in [6.45, 7) is 3.80. The minimum atomic E-state index is -0.462. The quantitative estimate of drug-likeness (QED) is 0.659. The average Bonchev–Trinajstić information content (AvgIpc) is 2.59. The van der Waals surface area contributed by atoms with E-state index in [1.807, 2.05) is 0 Å². The van der Waals surface area contributed by atoms with Crippen LogP contribution >= 0.6 is 0 Å². The first-order valence-electron chi connectivity index (χ1n) is 6.99. The molecule has 0 heterocycles. The van der Waals surface area contributed by atoms with Gasteiger partial charge in [-0.25, -0.2) is 9.18 Å². The minimum absolute atomic E-state index is 0.0796. The fraction of sp³-hybridized carbons (Fsp3) is 0.111. The summed E-state index contributed by atoms with van der Waals surface area (Å²) >= 11 is 0. The van der Waals surface area contributed by atoms with Crippen LogP contribution in [0.1, 0.15) is 21.5 Å². The molecule has 1 amide bonds. The van der Waals surface area contributed by atoms with E-state index in [0.717, 1.165) is 5.56 Å². The van der Waals surface area contributed by atoms with E-state index in [4.69, 9.17) is 4.74 Å². The number of esters is 1. The van der Waals surface area contributed by atoms with Crippen molar-refractivity contribution in [3.63, 3.8) is 0 Å². The Hall–Kier alpha value is -2.95. The lowest BCUT2D eigenvalue weighted by Crippen LogP contribution is -2.19. The number of benzene rings is 2. The Bertz CT molecular complexity index is 693. The van der Waals surface area contributed by atoms with Gasteiger partial charge in [-0.2, -0.15) is 0 Å². The lowest BCUT2D eigenvalue weighted by atomic mass is 10.1. The zero-order valence-corrected chi connectivity index (χ0v) is 12.4. The summed E-state index contributed by atoms with van der Waals surface area (Å²) in [7, 11) is 0. The van der Waals surface area contributed by atoms with Gasteiger partial charge in [-0.3, -0.25) is 4.79 Å². The molecule has 0 radical (unpaired) electrons. The molecule has 0 bridgehead atoms. The molecular weight excluding hydrogens is 297 g/mol. The first kappa shape index (κ1) is 16.4. The fourth-order valence-corrected chi connectivity index (χ4v) is 1.83. The van der Waals surface area contributed by atoms with Crippen LogP contribution in [0.5, 0.6) is 0 Å². The lowest BCUT2D eigenvalue weighted by Gasteiger charge is -2.06. The third-order valence-electron chi connectivity index (χ3n) is 3.12. The first-order chi connectivity index (χ1) is 11.1. The summed E-state index contributed by atoms with van der Waals surface area (Å²) in [5.41, 5.74) is 1.98. The number of halogens is 1. The van der Waals surface area contributed by atoms with Gasteiger partial charge in [-0.05, 0) is 41.5 Å². The van der Waals surface area contributed by atoms with Crippen LogP contribution < -0.4 is 5.32 Å². The maximum atomic E-state index is 12.8. The van der Waals surface area contributed by atoms with Gasteiger partial charge in [0.05, 0.1) is 5.56 Å². The van der Waals surface area contributed by atoms with E-state index < -0.39 is 5.97 Å². The Balaban J connectivity index is 1.88. The Morgan fingerprint density at radius 3 is 2.26 bits per heavy atom. The lowest BCUT2D eigenvalue weighted by molar-refractivity contribution is -0.116. The Morgan fingerprint density at radius 2 is 1.65 bits per heavy atom. The van der Waals surface area contributed by atoms with Crippen molar-refractivity contribution in [3.8, 4) is 0 Å². The smallest absolute Gasteiger partial charge is 0.338 e. The molecule has 0 saturated heterocycles. The Kier molecular flexibility index (Phi) is 5.63. The zero-order valence-electron chi connectivity index (χ0n) is 12.4. The van der Waals surface area contributed by atoms with E-state index in [0.29, 0.717) is 17.7 Å². The van der Waals surface area contributed by atoms with Crippen LogP contribution in [-0.4, -0.2) is 11.9 Å². The molecule has 0 fully saturated rings.